The van der Waals surface area contributed by atoms with Crippen molar-refractivity contribution in [1.82, 2.24) is 26.0 Å². The van der Waals surface area contributed by atoms with Crippen molar-refractivity contribution in [2.75, 3.05) is 0 Å². The van der Waals surface area contributed by atoms with Crippen molar-refractivity contribution < 1.29 is 0 Å². The maximum Gasteiger partial charge on any atom is 0.285 e. The molecule has 0 bridgehead atoms. The van der Waals surface area contributed by atoms with Crippen LogP contribution in [0.25, 0.3) is 0 Å². The Bertz CT molecular complexity index is 268. The van der Waals surface area contributed by atoms with Crippen molar-refractivity contribution in [2.24, 2.45) is 27.0 Å². The van der Waals surface area contributed by atoms with E-state index in [1.807, 2.05) is 0 Å². The second-order valence-electron chi connectivity index (χ2n) is 1.52. The smallest absolute Gasteiger partial charge is 0.285 e. The van der Waals surface area contributed by atoms with Gasteiger partial charge in [0.15, 0.2) is 0 Å². The Morgan fingerprint density at radius 3 is 2.92 bits per heavy atom. The molecule has 1 heterocycles. The molecule has 0 aromatic carbocycles. The van der Waals surface area contributed by atoms with Gasteiger partial charge in [0.25, 0.3) is 11.9 Å². The molecule has 0 radical (unpaired) electrons. The number of nitrogens with two attached hydrogens (primary N) is 2. The molecule has 0 unspecified atom stereocenters. The van der Waals surface area contributed by atoms with Gasteiger partial charge < -0.3 is 5.84 Å². The molecule has 10 nitrogen and oxygen atoms in total. The molecule has 0 atom stereocenters. The lowest BCUT2D eigenvalue weighted by Crippen LogP contribution is -2.29. The lowest BCUT2D eigenvalue weighted by molar-refractivity contribution is 0.881. The van der Waals surface area contributed by atoms with E-state index in [1.165, 1.54) is 0 Å². The van der Waals surface area contributed by atoms with Gasteiger partial charge in [-0.25, -0.2) is 10.9 Å². The van der Waals surface area contributed by atoms with Crippen molar-refractivity contribution in [1.29, 1.82) is 0 Å². The minimum Gasteiger partial charge on any atom is -0.320 e. The molecule has 64 valence electrons. The Balaban J connectivity index is 2.62. The molecule has 0 spiro atoms. The van der Waals surface area contributed by atoms with Crippen LogP contribution in [0.1, 0.15) is 0 Å². The number of hydrazone groups is 1. The lowest BCUT2D eigenvalue weighted by atomic mass is 11.0. The quantitative estimate of drug-likeness (QED) is 0.125. The van der Waals surface area contributed by atoms with Gasteiger partial charge in [0, 0.05) is 0 Å². The summed E-state index contributed by atoms with van der Waals surface area (Å²) in [5.41, 5.74) is 2.10. The Morgan fingerprint density at radius 2 is 2.42 bits per heavy atom. The molecule has 1 aromatic rings. The van der Waals surface area contributed by atoms with Crippen molar-refractivity contribution >= 4 is 11.9 Å². The number of hydrogen-bond donors (Lipinski definition) is 4. The number of hydrazine groups is 1. The number of aromatic nitrogens is 4. The van der Waals surface area contributed by atoms with E-state index < -0.39 is 0 Å². The highest BCUT2D eigenvalue weighted by Crippen LogP contribution is 1.96. The van der Waals surface area contributed by atoms with Crippen LogP contribution in [0.2, 0.25) is 0 Å². The highest BCUT2D eigenvalue weighted by atomic mass is 15.5. The molecule has 1 aromatic heterocycles. The molecule has 0 aliphatic rings. The van der Waals surface area contributed by atoms with E-state index in [9.17, 15) is 0 Å². The van der Waals surface area contributed by atoms with E-state index >= 15 is 0 Å². The molecular weight excluding hydrogens is 164 g/mol. The van der Waals surface area contributed by atoms with Gasteiger partial charge in [-0.2, -0.15) is 0 Å². The number of hydrogen-bond acceptors (Lipinski definition) is 7. The number of azo groups is 1. The van der Waals surface area contributed by atoms with Gasteiger partial charge in [0.1, 0.15) is 0 Å². The third-order valence-electron chi connectivity index (χ3n) is 0.825. The van der Waals surface area contributed by atoms with Crippen LogP contribution in [0.4, 0.5) is 5.95 Å². The number of nitrogens with zero attached hydrogens (tertiary/aromatic N) is 6. The van der Waals surface area contributed by atoms with Crippen molar-refractivity contribution in [3.63, 3.8) is 0 Å². The Kier molecular flexibility index (Phi) is 2.62. The zero-order valence-electron chi connectivity index (χ0n) is 5.84. The van der Waals surface area contributed by atoms with Crippen LogP contribution < -0.4 is 17.1 Å². The van der Waals surface area contributed by atoms with Gasteiger partial charge in [0.05, 0.1) is 0 Å². The van der Waals surface area contributed by atoms with Crippen molar-refractivity contribution in [3.8, 4) is 0 Å². The predicted octanol–water partition coefficient (Wildman–Crippen LogP) is -2.02. The first-order chi connectivity index (χ1) is 5.86. The normalized spacial score (nSPS) is 12.2. The van der Waals surface area contributed by atoms with E-state index in [4.69, 9.17) is 11.7 Å². The maximum absolute atomic E-state index is 4.95. The fourth-order valence-electron chi connectivity index (χ4n) is 0.383. The first-order valence-electron chi connectivity index (χ1n) is 2.76. The molecule has 0 fully saturated rings. The Morgan fingerprint density at radius 1 is 1.58 bits per heavy atom. The zero-order chi connectivity index (χ0) is 8.81. The molecule has 6 N–H and O–H groups in total. The van der Waals surface area contributed by atoms with Gasteiger partial charge in [-0.05, 0) is 10.4 Å². The van der Waals surface area contributed by atoms with Crippen LogP contribution in [0, 0.1) is 0 Å². The zero-order valence-corrected chi connectivity index (χ0v) is 5.84. The number of tetrazole rings is 1. The largest absolute Gasteiger partial charge is 0.320 e. The van der Waals surface area contributed by atoms with E-state index in [2.05, 4.69) is 41.4 Å². The highest BCUT2D eigenvalue weighted by molar-refractivity contribution is 5.79. The Labute approximate surface area is 66.1 Å². The van der Waals surface area contributed by atoms with Crippen LogP contribution >= 0.6 is 0 Å². The third-order valence-corrected chi connectivity index (χ3v) is 0.825. The molecule has 1 rings (SSSR count). The monoisotopic (exact) mass is 170 g/mol. The predicted molar refractivity (Wildman–Crippen MR) is 37.6 cm³/mol. The molecule has 0 aliphatic carbocycles. The number of nitrogens with one attached hydrogen (secondary N) is 2. The number of H-pyrrole nitrogens is 1. The van der Waals surface area contributed by atoms with Gasteiger partial charge in [-0.15, -0.1) is 15.3 Å². The molecular formula is C2H6N10. The first-order valence-corrected chi connectivity index (χ1v) is 2.76. The highest BCUT2D eigenvalue weighted by Gasteiger charge is 1.93. The van der Waals surface area contributed by atoms with Crippen LogP contribution in [-0.2, 0) is 0 Å². The lowest BCUT2D eigenvalue weighted by Gasteiger charge is -1.91. The molecule has 12 heavy (non-hydrogen) atoms. The summed E-state index contributed by atoms with van der Waals surface area (Å²) in [5.74, 6) is 9.89. The van der Waals surface area contributed by atoms with E-state index in [0.29, 0.717) is 0 Å². The van der Waals surface area contributed by atoms with E-state index in [1.54, 1.807) is 0 Å². The number of guanidine groups is 1. The molecule has 0 saturated carbocycles. The molecule has 0 amide bonds. The van der Waals surface area contributed by atoms with E-state index in [-0.39, 0.29) is 11.9 Å². The summed E-state index contributed by atoms with van der Waals surface area (Å²) in [4.78, 5) is 0. The summed E-state index contributed by atoms with van der Waals surface area (Å²) < 4.78 is 0. The Hall–Kier alpha value is -2.10. The minimum atomic E-state index is -0.0357. The van der Waals surface area contributed by atoms with Crippen molar-refractivity contribution in [3.05, 3.63) is 0 Å². The van der Waals surface area contributed by atoms with Crippen LogP contribution in [-0.4, -0.2) is 26.6 Å². The standard InChI is InChI=1S/C2H6N10/c3-5-1(6-4)7-8-2-9-11-12-10-2/h3-4H2,(H,5,6)(H,9,10,11,12). The van der Waals surface area contributed by atoms with Crippen LogP contribution in [0.3, 0.4) is 0 Å². The maximum atomic E-state index is 4.95. The summed E-state index contributed by atoms with van der Waals surface area (Å²) in [6, 6.07) is 0. The topological polar surface area (TPSA) is 156 Å². The van der Waals surface area contributed by atoms with Gasteiger partial charge in [-0.3, -0.25) is 5.43 Å². The average Bonchev–Trinajstić information content (AvgIpc) is 2.59. The summed E-state index contributed by atoms with van der Waals surface area (Å²) >= 11 is 0. The minimum absolute atomic E-state index is 0.0357. The third kappa shape index (κ3) is 1.95. The van der Waals surface area contributed by atoms with E-state index in [0.717, 1.165) is 0 Å². The SMILES string of the molecule is N/N=C(/N=Nc1nnn[nH]1)NN. The van der Waals surface area contributed by atoms with Gasteiger partial charge >= 0.3 is 0 Å². The van der Waals surface area contributed by atoms with Crippen LogP contribution in [0.15, 0.2) is 15.3 Å². The molecule has 10 heteroatoms. The molecule has 0 saturated heterocycles. The van der Waals surface area contributed by atoms with Gasteiger partial charge in [-0.1, -0.05) is 5.10 Å². The number of aromatic amines is 1. The van der Waals surface area contributed by atoms with Crippen molar-refractivity contribution in [2.45, 2.75) is 0 Å². The summed E-state index contributed by atoms with van der Waals surface area (Å²) in [6.07, 6.45) is 0. The summed E-state index contributed by atoms with van der Waals surface area (Å²) in [5, 5.41) is 22.3. The second kappa shape index (κ2) is 3.92. The number of rotatable bonds is 1. The summed E-state index contributed by atoms with van der Waals surface area (Å²) in [6.45, 7) is 0. The molecule has 0 aliphatic heterocycles. The van der Waals surface area contributed by atoms with Gasteiger partial charge in [0.2, 0.25) is 0 Å². The fourth-order valence-corrected chi connectivity index (χ4v) is 0.383. The fraction of sp³-hybridized carbons (Fsp3) is 0. The van der Waals surface area contributed by atoms with Crippen LogP contribution in [0.5, 0.6) is 0 Å². The average molecular weight is 170 g/mol. The summed E-state index contributed by atoms with van der Waals surface area (Å²) in [7, 11) is 0. The first kappa shape index (κ1) is 8.00. The second-order valence-corrected chi connectivity index (χ2v) is 1.52.